The highest BCUT2D eigenvalue weighted by molar-refractivity contribution is 7.90. The van der Waals surface area contributed by atoms with Gasteiger partial charge in [-0.25, -0.2) is 5.53 Å². The highest BCUT2D eigenvalue weighted by Crippen LogP contribution is 2.17. The van der Waals surface area contributed by atoms with Crippen LogP contribution in [0.25, 0.3) is 0 Å². The van der Waals surface area contributed by atoms with E-state index in [1.54, 1.807) is 0 Å². The first kappa shape index (κ1) is 8.82. The molecule has 0 fully saturated rings. The van der Waals surface area contributed by atoms with Crippen LogP contribution in [0.4, 0.5) is 5.69 Å². The number of rotatable bonds is 3. The molecular weight excluding hydrogens is 178 g/mol. The minimum atomic E-state index is -1.83. The zero-order valence-electron chi connectivity index (χ0n) is 5.93. The second-order valence-electron chi connectivity index (χ2n) is 1.93. The van der Waals surface area contributed by atoms with Crippen molar-refractivity contribution in [3.05, 3.63) is 29.2 Å². The lowest BCUT2D eigenvalue weighted by Gasteiger charge is -1.97. The molecule has 0 spiro atoms. The van der Waals surface area contributed by atoms with E-state index in [4.69, 9.17) is 5.53 Å². The van der Waals surface area contributed by atoms with Crippen molar-refractivity contribution in [2.75, 3.05) is 0 Å². The van der Waals surface area contributed by atoms with Gasteiger partial charge in [0.05, 0.1) is 5.69 Å². The number of nitroso groups, excluding NO2 is 1. The van der Waals surface area contributed by atoms with E-state index in [0.717, 1.165) is 0 Å². The van der Waals surface area contributed by atoms with Crippen LogP contribution in [-0.2, 0) is 11.4 Å². The molecule has 0 aliphatic heterocycles. The molecule has 1 aromatic carbocycles. The molecule has 1 N–H and O–H groups in total. The number of nitrogens with one attached hydrogen (secondary N) is 1. The van der Waals surface area contributed by atoms with Crippen LogP contribution < -0.4 is 0 Å². The Morgan fingerprint density at radius 3 is 2.33 bits per heavy atom. The SMILES string of the molecule is N=Nc1ccc([S+]([O-])N=O)cc1. The molecule has 0 aromatic heterocycles. The number of hydrogen-bond acceptors (Lipinski definition) is 5. The fourth-order valence-electron chi connectivity index (χ4n) is 0.680. The Morgan fingerprint density at radius 1 is 1.33 bits per heavy atom. The fourth-order valence-corrected chi connectivity index (χ4v) is 1.14. The molecule has 6 heteroatoms. The van der Waals surface area contributed by atoms with E-state index < -0.39 is 11.4 Å². The quantitative estimate of drug-likeness (QED) is 0.442. The Morgan fingerprint density at radius 2 is 1.92 bits per heavy atom. The normalized spacial score (nSPS) is 12.1. The van der Waals surface area contributed by atoms with E-state index in [1.165, 1.54) is 24.3 Å². The van der Waals surface area contributed by atoms with Gasteiger partial charge in [-0.2, -0.15) is 5.11 Å². The molecule has 1 rings (SSSR count). The van der Waals surface area contributed by atoms with Gasteiger partial charge in [0.15, 0.2) is 20.8 Å². The lowest BCUT2D eigenvalue weighted by Crippen LogP contribution is -1.93. The fraction of sp³-hybridized carbons (Fsp3) is 0. The maximum absolute atomic E-state index is 10.8. The summed E-state index contributed by atoms with van der Waals surface area (Å²) in [6, 6.07) is 5.88. The van der Waals surface area contributed by atoms with Gasteiger partial charge in [-0.15, -0.1) is 0 Å². The van der Waals surface area contributed by atoms with Gasteiger partial charge in [0.1, 0.15) is 0 Å². The molecule has 0 saturated heterocycles. The molecule has 1 atom stereocenters. The molecule has 0 heterocycles. The predicted molar refractivity (Wildman–Crippen MR) is 43.5 cm³/mol. The largest absolute Gasteiger partial charge is 0.583 e. The van der Waals surface area contributed by atoms with E-state index in [2.05, 4.69) is 9.70 Å². The molecule has 0 aliphatic carbocycles. The molecule has 0 radical (unpaired) electrons. The maximum atomic E-state index is 10.8. The third-order valence-electron chi connectivity index (χ3n) is 1.24. The van der Waals surface area contributed by atoms with Crippen LogP contribution in [0.2, 0.25) is 0 Å². The topological polar surface area (TPSA) is 88.7 Å². The third kappa shape index (κ3) is 1.86. The number of benzene rings is 1. The molecule has 0 bridgehead atoms. The van der Waals surface area contributed by atoms with Crippen LogP contribution in [0.3, 0.4) is 0 Å². The first-order valence-corrected chi connectivity index (χ1v) is 4.11. The monoisotopic (exact) mass is 183 g/mol. The van der Waals surface area contributed by atoms with E-state index >= 15 is 0 Å². The zero-order valence-corrected chi connectivity index (χ0v) is 6.75. The zero-order chi connectivity index (χ0) is 8.97. The van der Waals surface area contributed by atoms with Gasteiger partial charge < -0.3 is 4.55 Å². The van der Waals surface area contributed by atoms with Crippen molar-refractivity contribution in [1.29, 1.82) is 5.53 Å². The molecule has 1 unspecified atom stereocenters. The molecular formula is C6H5N3O2S. The Labute approximate surface area is 71.6 Å². The minimum absolute atomic E-state index is 0.317. The molecule has 12 heavy (non-hydrogen) atoms. The van der Waals surface area contributed by atoms with Crippen LogP contribution in [-0.4, -0.2) is 4.55 Å². The van der Waals surface area contributed by atoms with Gasteiger partial charge >= 0.3 is 0 Å². The summed E-state index contributed by atoms with van der Waals surface area (Å²) in [5, 5.41) is 3.14. The molecule has 0 aliphatic rings. The molecule has 5 nitrogen and oxygen atoms in total. The standard InChI is InChI=1S/C6H5N3O2S/c7-8-5-1-3-6(4-2-5)12(11)9-10/h1-4,7H. The molecule has 0 amide bonds. The highest BCUT2D eigenvalue weighted by Gasteiger charge is 2.10. The smallest absolute Gasteiger partial charge is 0.186 e. The molecule has 1 aromatic rings. The van der Waals surface area contributed by atoms with Gasteiger partial charge in [0, 0.05) is 0 Å². The Balaban J connectivity index is 2.91. The van der Waals surface area contributed by atoms with Gasteiger partial charge in [-0.1, -0.05) is 4.91 Å². The van der Waals surface area contributed by atoms with Gasteiger partial charge in [0.25, 0.3) is 0 Å². The van der Waals surface area contributed by atoms with Crippen LogP contribution in [0.1, 0.15) is 0 Å². The highest BCUT2D eigenvalue weighted by atomic mass is 32.2. The van der Waals surface area contributed by atoms with Gasteiger partial charge in [-0.05, 0) is 24.3 Å². The van der Waals surface area contributed by atoms with E-state index in [0.29, 0.717) is 10.6 Å². The van der Waals surface area contributed by atoms with E-state index in [1.807, 2.05) is 0 Å². The second-order valence-corrected chi connectivity index (χ2v) is 3.05. The van der Waals surface area contributed by atoms with Crippen LogP contribution in [0.15, 0.2) is 38.9 Å². The first-order chi connectivity index (χ1) is 5.77. The summed E-state index contributed by atoms with van der Waals surface area (Å²) in [5.41, 5.74) is 7.08. The summed E-state index contributed by atoms with van der Waals surface area (Å²) in [7, 11) is 0. The lowest BCUT2D eigenvalue weighted by molar-refractivity contribution is 0.596. The number of hydrogen-bond donors (Lipinski definition) is 1. The Bertz CT molecular complexity index is 287. The second kappa shape index (κ2) is 3.93. The predicted octanol–water partition coefficient (Wildman–Crippen LogP) is 2.14. The summed E-state index contributed by atoms with van der Waals surface area (Å²) in [6.07, 6.45) is 0. The van der Waals surface area contributed by atoms with Gasteiger partial charge in [0.2, 0.25) is 0 Å². The minimum Gasteiger partial charge on any atom is -0.583 e. The molecule has 62 valence electrons. The van der Waals surface area contributed by atoms with Crippen LogP contribution in [0, 0.1) is 10.4 Å². The Hall–Kier alpha value is -1.27. The average molecular weight is 183 g/mol. The molecule has 0 saturated carbocycles. The summed E-state index contributed by atoms with van der Waals surface area (Å²) in [4.78, 5) is 10.2. The first-order valence-electron chi connectivity index (χ1n) is 3.00. The summed E-state index contributed by atoms with van der Waals surface area (Å²) >= 11 is -1.83. The van der Waals surface area contributed by atoms with Crippen molar-refractivity contribution < 1.29 is 4.55 Å². The summed E-state index contributed by atoms with van der Waals surface area (Å²) < 4.78 is 13.1. The van der Waals surface area contributed by atoms with Crippen LogP contribution >= 0.6 is 0 Å². The summed E-state index contributed by atoms with van der Waals surface area (Å²) in [6.45, 7) is 0. The number of nitrogens with zero attached hydrogens (tertiary/aromatic N) is 2. The van der Waals surface area contributed by atoms with Crippen molar-refractivity contribution in [3.8, 4) is 0 Å². The maximum Gasteiger partial charge on any atom is 0.186 e. The van der Waals surface area contributed by atoms with Crippen molar-refractivity contribution in [3.63, 3.8) is 0 Å². The van der Waals surface area contributed by atoms with E-state index in [-0.39, 0.29) is 0 Å². The summed E-state index contributed by atoms with van der Waals surface area (Å²) in [5.74, 6) is 0. The van der Waals surface area contributed by atoms with Crippen molar-refractivity contribution in [2.45, 2.75) is 4.90 Å². The lowest BCUT2D eigenvalue weighted by atomic mass is 10.3. The Kier molecular flexibility index (Phi) is 2.89. The van der Waals surface area contributed by atoms with Crippen molar-refractivity contribution in [2.24, 2.45) is 9.70 Å². The van der Waals surface area contributed by atoms with Gasteiger partial charge in [-0.3, -0.25) is 0 Å². The van der Waals surface area contributed by atoms with Crippen LogP contribution in [0.5, 0.6) is 0 Å². The average Bonchev–Trinajstić information content (AvgIpc) is 2.17. The van der Waals surface area contributed by atoms with E-state index in [9.17, 15) is 9.46 Å². The third-order valence-corrected chi connectivity index (χ3v) is 2.05. The van der Waals surface area contributed by atoms with Crippen molar-refractivity contribution >= 4 is 17.0 Å². The van der Waals surface area contributed by atoms with Crippen molar-refractivity contribution in [1.82, 2.24) is 0 Å².